The number of ether oxygens (including phenoxy) is 3. The predicted molar refractivity (Wildman–Crippen MR) is 107 cm³/mol. The standard InChI is InChI=1S/C20H29F2N3O4/c1-25(10-12-29-19(21)22)9-7-15-14-24-18-6-5-16(13-17(15)18)28-11-4-3-8-23-20(26)27-2/h5-6,13-14,19,24H,3-4,7-12H2,1-2H3,(H,23,26). The lowest BCUT2D eigenvalue weighted by molar-refractivity contribution is -0.131. The Labute approximate surface area is 169 Å². The molecule has 0 aliphatic heterocycles. The number of methoxy groups -OCH3 is 1. The van der Waals surface area contributed by atoms with E-state index in [1.165, 1.54) is 7.11 Å². The molecule has 162 valence electrons. The highest BCUT2D eigenvalue weighted by atomic mass is 19.3. The summed E-state index contributed by atoms with van der Waals surface area (Å²) >= 11 is 0. The summed E-state index contributed by atoms with van der Waals surface area (Å²) in [7, 11) is 3.22. The van der Waals surface area contributed by atoms with E-state index in [1.54, 1.807) is 0 Å². The van der Waals surface area contributed by atoms with Crippen molar-refractivity contribution in [3.8, 4) is 5.75 Å². The van der Waals surface area contributed by atoms with Crippen molar-refractivity contribution < 1.29 is 27.8 Å². The molecule has 2 N–H and O–H groups in total. The van der Waals surface area contributed by atoms with Crippen molar-refractivity contribution in [1.29, 1.82) is 0 Å². The summed E-state index contributed by atoms with van der Waals surface area (Å²) in [5.74, 6) is 0.790. The number of likely N-dealkylation sites (N-methyl/N-ethyl adjacent to an activating group) is 1. The number of H-pyrrole nitrogens is 1. The van der Waals surface area contributed by atoms with Gasteiger partial charge in [0, 0.05) is 36.7 Å². The second-order valence-electron chi connectivity index (χ2n) is 6.68. The molecular formula is C20H29F2N3O4. The van der Waals surface area contributed by atoms with Gasteiger partial charge in [-0.2, -0.15) is 8.78 Å². The third-order valence-corrected chi connectivity index (χ3v) is 4.51. The molecule has 0 saturated heterocycles. The molecule has 29 heavy (non-hydrogen) atoms. The number of alkyl halides is 2. The van der Waals surface area contributed by atoms with Gasteiger partial charge in [0.2, 0.25) is 0 Å². The molecule has 1 aromatic carbocycles. The van der Waals surface area contributed by atoms with E-state index in [4.69, 9.17) is 4.74 Å². The van der Waals surface area contributed by atoms with Gasteiger partial charge in [0.05, 0.1) is 20.3 Å². The van der Waals surface area contributed by atoms with Crippen LogP contribution in [0, 0.1) is 0 Å². The Morgan fingerprint density at radius 3 is 2.83 bits per heavy atom. The van der Waals surface area contributed by atoms with E-state index in [0.717, 1.165) is 48.0 Å². The van der Waals surface area contributed by atoms with Gasteiger partial charge < -0.3 is 29.4 Å². The van der Waals surface area contributed by atoms with Gasteiger partial charge in [0.1, 0.15) is 5.75 Å². The van der Waals surface area contributed by atoms with Crippen LogP contribution in [-0.4, -0.2) is 69.6 Å². The maximum atomic E-state index is 12.0. The molecule has 1 amide bonds. The zero-order chi connectivity index (χ0) is 21.1. The maximum absolute atomic E-state index is 12.0. The molecule has 7 nitrogen and oxygen atoms in total. The summed E-state index contributed by atoms with van der Waals surface area (Å²) in [5.41, 5.74) is 2.17. The first-order chi connectivity index (χ1) is 14.0. The van der Waals surface area contributed by atoms with Crippen LogP contribution in [0.3, 0.4) is 0 Å². The largest absolute Gasteiger partial charge is 0.494 e. The van der Waals surface area contributed by atoms with Gasteiger partial charge in [-0.15, -0.1) is 0 Å². The van der Waals surface area contributed by atoms with Crippen molar-refractivity contribution in [3.05, 3.63) is 30.0 Å². The molecule has 2 rings (SSSR count). The number of aromatic amines is 1. The quantitative estimate of drug-likeness (QED) is 0.493. The number of unbranched alkanes of at least 4 members (excludes halogenated alkanes) is 1. The summed E-state index contributed by atoms with van der Waals surface area (Å²) in [4.78, 5) is 16.2. The lowest BCUT2D eigenvalue weighted by atomic mass is 10.1. The molecule has 0 aliphatic rings. The molecule has 2 aromatic rings. The lowest BCUT2D eigenvalue weighted by Gasteiger charge is -2.16. The van der Waals surface area contributed by atoms with Crippen molar-refractivity contribution in [2.45, 2.75) is 25.9 Å². The molecule has 0 atom stereocenters. The van der Waals surface area contributed by atoms with E-state index < -0.39 is 12.7 Å². The molecule has 0 spiro atoms. The monoisotopic (exact) mass is 413 g/mol. The second kappa shape index (κ2) is 12.2. The second-order valence-corrected chi connectivity index (χ2v) is 6.68. The topological polar surface area (TPSA) is 75.8 Å². The fourth-order valence-corrected chi connectivity index (χ4v) is 2.85. The Bertz CT molecular complexity index is 754. The van der Waals surface area contributed by atoms with Crippen LogP contribution in [0.2, 0.25) is 0 Å². The minimum absolute atomic E-state index is 0.00912. The molecule has 1 heterocycles. The summed E-state index contributed by atoms with van der Waals surface area (Å²) in [6.07, 6.45) is 3.94. The highest BCUT2D eigenvalue weighted by Gasteiger charge is 2.08. The van der Waals surface area contributed by atoms with Crippen molar-refractivity contribution >= 4 is 17.0 Å². The first-order valence-electron chi connectivity index (χ1n) is 9.62. The Morgan fingerprint density at radius 2 is 2.07 bits per heavy atom. The number of carbonyl (C=O) groups is 1. The zero-order valence-electron chi connectivity index (χ0n) is 16.9. The van der Waals surface area contributed by atoms with E-state index in [1.807, 2.05) is 36.3 Å². The van der Waals surface area contributed by atoms with E-state index in [2.05, 4.69) is 19.8 Å². The van der Waals surface area contributed by atoms with E-state index in [0.29, 0.717) is 19.7 Å². The van der Waals surface area contributed by atoms with Crippen LogP contribution < -0.4 is 10.1 Å². The Hall–Kier alpha value is -2.39. The van der Waals surface area contributed by atoms with Crippen LogP contribution in [0.15, 0.2) is 24.4 Å². The first-order valence-corrected chi connectivity index (χ1v) is 9.62. The number of nitrogens with one attached hydrogen (secondary N) is 2. The van der Waals surface area contributed by atoms with Gasteiger partial charge >= 0.3 is 12.7 Å². The molecule has 0 unspecified atom stereocenters. The third kappa shape index (κ3) is 8.25. The minimum Gasteiger partial charge on any atom is -0.494 e. The van der Waals surface area contributed by atoms with E-state index in [-0.39, 0.29) is 6.61 Å². The smallest absolute Gasteiger partial charge is 0.406 e. The van der Waals surface area contributed by atoms with E-state index in [9.17, 15) is 13.6 Å². The van der Waals surface area contributed by atoms with Crippen molar-refractivity contribution in [1.82, 2.24) is 15.2 Å². The normalized spacial score (nSPS) is 11.4. The zero-order valence-corrected chi connectivity index (χ0v) is 16.9. The fourth-order valence-electron chi connectivity index (χ4n) is 2.85. The Kier molecular flexibility index (Phi) is 9.66. The van der Waals surface area contributed by atoms with Crippen molar-refractivity contribution in [2.24, 2.45) is 0 Å². The van der Waals surface area contributed by atoms with Crippen LogP contribution in [0.25, 0.3) is 10.9 Å². The molecule has 9 heteroatoms. The van der Waals surface area contributed by atoms with Gasteiger partial charge in [-0.1, -0.05) is 0 Å². The Balaban J connectivity index is 1.77. The van der Waals surface area contributed by atoms with E-state index >= 15 is 0 Å². The fraction of sp³-hybridized carbons (Fsp3) is 0.550. The number of halogens is 2. The number of benzene rings is 1. The summed E-state index contributed by atoms with van der Waals surface area (Å²) in [6.45, 7) is -0.424. The molecule has 0 bridgehead atoms. The summed E-state index contributed by atoms with van der Waals surface area (Å²) in [6, 6.07) is 5.91. The molecule has 0 aliphatic carbocycles. The lowest BCUT2D eigenvalue weighted by Crippen LogP contribution is -2.26. The molecular weight excluding hydrogens is 384 g/mol. The number of hydrogen-bond acceptors (Lipinski definition) is 5. The van der Waals surface area contributed by atoms with Gasteiger partial charge in [-0.3, -0.25) is 0 Å². The third-order valence-electron chi connectivity index (χ3n) is 4.51. The highest BCUT2D eigenvalue weighted by Crippen LogP contribution is 2.24. The molecule has 1 aromatic heterocycles. The Morgan fingerprint density at radius 1 is 1.24 bits per heavy atom. The van der Waals surface area contributed by atoms with Crippen LogP contribution in [-0.2, 0) is 15.9 Å². The number of fused-ring (bicyclic) bond motifs is 1. The minimum atomic E-state index is -2.72. The SMILES string of the molecule is COC(=O)NCCCCOc1ccc2[nH]cc(CCN(C)CCOC(F)F)c2c1. The average molecular weight is 413 g/mol. The maximum Gasteiger partial charge on any atom is 0.406 e. The van der Waals surface area contributed by atoms with Gasteiger partial charge in [-0.05, 0) is 50.1 Å². The van der Waals surface area contributed by atoms with Gasteiger partial charge in [0.15, 0.2) is 0 Å². The van der Waals surface area contributed by atoms with Crippen LogP contribution >= 0.6 is 0 Å². The average Bonchev–Trinajstić information content (AvgIpc) is 3.10. The number of nitrogens with zero attached hydrogens (tertiary/aromatic N) is 1. The number of alkyl carbamates (subject to hydrolysis) is 1. The van der Waals surface area contributed by atoms with Crippen molar-refractivity contribution in [2.75, 3.05) is 47.0 Å². The number of rotatable bonds is 13. The number of amides is 1. The van der Waals surface area contributed by atoms with Gasteiger partial charge in [0.25, 0.3) is 0 Å². The molecule has 0 saturated carbocycles. The summed E-state index contributed by atoms with van der Waals surface area (Å²) in [5, 5.41) is 3.72. The van der Waals surface area contributed by atoms with Crippen molar-refractivity contribution in [3.63, 3.8) is 0 Å². The summed E-state index contributed by atoms with van der Waals surface area (Å²) < 4.78 is 38.7. The van der Waals surface area contributed by atoms with Crippen LogP contribution in [0.1, 0.15) is 18.4 Å². The molecule has 0 fully saturated rings. The predicted octanol–water partition coefficient (Wildman–Crippen LogP) is 3.40. The number of carbonyl (C=O) groups excluding carboxylic acids is 1. The van der Waals surface area contributed by atoms with Crippen LogP contribution in [0.5, 0.6) is 5.75 Å². The first kappa shape index (κ1) is 22.9. The van der Waals surface area contributed by atoms with Gasteiger partial charge in [-0.25, -0.2) is 4.79 Å². The number of aromatic nitrogens is 1. The highest BCUT2D eigenvalue weighted by molar-refractivity contribution is 5.84. The van der Waals surface area contributed by atoms with Crippen LogP contribution in [0.4, 0.5) is 13.6 Å². The molecule has 0 radical (unpaired) electrons. The number of hydrogen-bond donors (Lipinski definition) is 2.